The number of hydrogen-bond donors (Lipinski definition) is 1. The molecule has 0 saturated carbocycles. The SMILES string of the molecule is CCC1CCN(Cc2csc(C)n2)C(CN)C1. The van der Waals surface area contributed by atoms with E-state index in [4.69, 9.17) is 5.73 Å². The molecule has 1 aromatic rings. The molecule has 0 amide bonds. The van der Waals surface area contributed by atoms with Crippen LogP contribution in [-0.2, 0) is 6.54 Å². The fraction of sp³-hybridized carbons (Fsp3) is 0.769. The molecule has 0 aliphatic carbocycles. The number of rotatable bonds is 4. The highest BCUT2D eigenvalue weighted by molar-refractivity contribution is 7.09. The molecule has 1 fully saturated rings. The summed E-state index contributed by atoms with van der Waals surface area (Å²) in [5.41, 5.74) is 7.12. The van der Waals surface area contributed by atoms with Crippen LogP contribution in [-0.4, -0.2) is 29.0 Å². The van der Waals surface area contributed by atoms with Crippen LogP contribution in [0.25, 0.3) is 0 Å². The maximum atomic E-state index is 5.91. The van der Waals surface area contributed by atoms with Gasteiger partial charge in [0, 0.05) is 24.5 Å². The number of nitrogens with zero attached hydrogens (tertiary/aromatic N) is 2. The minimum atomic E-state index is 0.552. The number of nitrogens with two attached hydrogens (primary N) is 1. The van der Waals surface area contributed by atoms with Crippen molar-refractivity contribution in [2.45, 2.75) is 45.7 Å². The van der Waals surface area contributed by atoms with E-state index in [1.165, 1.54) is 31.5 Å². The number of likely N-dealkylation sites (tertiary alicyclic amines) is 1. The third-order valence-electron chi connectivity index (χ3n) is 3.83. The number of aromatic nitrogens is 1. The molecule has 2 unspecified atom stereocenters. The summed E-state index contributed by atoms with van der Waals surface area (Å²) in [7, 11) is 0. The Labute approximate surface area is 108 Å². The fourth-order valence-electron chi connectivity index (χ4n) is 2.70. The molecule has 1 aliphatic rings. The molecule has 96 valence electrons. The summed E-state index contributed by atoms with van der Waals surface area (Å²) in [6.07, 6.45) is 3.87. The Morgan fingerprint density at radius 3 is 3.00 bits per heavy atom. The number of aryl methyl sites for hydroxylation is 1. The Balaban J connectivity index is 1.95. The molecule has 17 heavy (non-hydrogen) atoms. The Morgan fingerprint density at radius 1 is 1.59 bits per heavy atom. The lowest BCUT2D eigenvalue weighted by molar-refractivity contribution is 0.106. The van der Waals surface area contributed by atoms with Crippen molar-refractivity contribution in [3.8, 4) is 0 Å². The summed E-state index contributed by atoms with van der Waals surface area (Å²) in [4.78, 5) is 7.06. The second-order valence-corrected chi connectivity index (χ2v) is 6.08. The van der Waals surface area contributed by atoms with Crippen LogP contribution in [0, 0.1) is 12.8 Å². The van der Waals surface area contributed by atoms with Gasteiger partial charge in [0.25, 0.3) is 0 Å². The smallest absolute Gasteiger partial charge is 0.0897 e. The molecule has 0 radical (unpaired) electrons. The highest BCUT2D eigenvalue weighted by Crippen LogP contribution is 2.26. The van der Waals surface area contributed by atoms with Gasteiger partial charge < -0.3 is 5.73 Å². The average Bonchev–Trinajstić information content (AvgIpc) is 2.75. The lowest BCUT2D eigenvalue weighted by atomic mass is 9.89. The highest BCUT2D eigenvalue weighted by atomic mass is 32.1. The number of hydrogen-bond acceptors (Lipinski definition) is 4. The largest absolute Gasteiger partial charge is 0.329 e. The quantitative estimate of drug-likeness (QED) is 0.896. The van der Waals surface area contributed by atoms with Gasteiger partial charge >= 0.3 is 0 Å². The van der Waals surface area contributed by atoms with Gasteiger partial charge in [-0.05, 0) is 32.2 Å². The Hall–Kier alpha value is -0.450. The molecule has 0 aromatic carbocycles. The minimum Gasteiger partial charge on any atom is -0.329 e. The predicted octanol–water partition coefficient (Wildman–Crippen LogP) is 2.40. The third-order valence-corrected chi connectivity index (χ3v) is 4.65. The van der Waals surface area contributed by atoms with Crippen LogP contribution in [0.15, 0.2) is 5.38 Å². The van der Waals surface area contributed by atoms with Crippen molar-refractivity contribution < 1.29 is 0 Å². The van der Waals surface area contributed by atoms with Crippen LogP contribution in [0.3, 0.4) is 0 Å². The Kier molecular flexibility index (Phi) is 4.54. The van der Waals surface area contributed by atoms with Gasteiger partial charge in [-0.2, -0.15) is 0 Å². The standard InChI is InChI=1S/C13H23N3S/c1-3-11-4-5-16(13(6-11)7-14)8-12-9-17-10(2)15-12/h9,11,13H,3-8,14H2,1-2H3. The topological polar surface area (TPSA) is 42.2 Å². The van der Waals surface area contributed by atoms with Crippen LogP contribution >= 0.6 is 11.3 Å². The van der Waals surface area contributed by atoms with Crippen LogP contribution < -0.4 is 5.73 Å². The van der Waals surface area contributed by atoms with E-state index in [9.17, 15) is 0 Å². The normalized spacial score (nSPS) is 26.3. The van der Waals surface area contributed by atoms with E-state index in [0.29, 0.717) is 6.04 Å². The van der Waals surface area contributed by atoms with E-state index < -0.39 is 0 Å². The number of thiazole rings is 1. The fourth-order valence-corrected chi connectivity index (χ4v) is 3.30. The molecule has 1 saturated heterocycles. The summed E-state index contributed by atoms with van der Waals surface area (Å²) in [5, 5.41) is 3.34. The van der Waals surface area contributed by atoms with E-state index in [0.717, 1.165) is 24.0 Å². The van der Waals surface area contributed by atoms with Crippen molar-refractivity contribution in [3.63, 3.8) is 0 Å². The second kappa shape index (κ2) is 5.94. The molecule has 1 aliphatic heterocycles. The van der Waals surface area contributed by atoms with Gasteiger partial charge in [0.05, 0.1) is 10.7 Å². The molecule has 2 heterocycles. The lowest BCUT2D eigenvalue weighted by Gasteiger charge is -2.38. The first-order chi connectivity index (χ1) is 8.22. The summed E-state index contributed by atoms with van der Waals surface area (Å²) in [6, 6.07) is 0.552. The maximum absolute atomic E-state index is 5.91. The van der Waals surface area contributed by atoms with Crippen molar-refractivity contribution in [1.82, 2.24) is 9.88 Å². The summed E-state index contributed by atoms with van der Waals surface area (Å²) >= 11 is 1.74. The maximum Gasteiger partial charge on any atom is 0.0897 e. The monoisotopic (exact) mass is 253 g/mol. The molecule has 2 atom stereocenters. The van der Waals surface area contributed by atoms with Crippen LogP contribution in [0.4, 0.5) is 0 Å². The zero-order chi connectivity index (χ0) is 12.3. The van der Waals surface area contributed by atoms with Gasteiger partial charge in [-0.3, -0.25) is 4.90 Å². The first-order valence-electron chi connectivity index (χ1n) is 6.58. The van der Waals surface area contributed by atoms with E-state index in [-0.39, 0.29) is 0 Å². The van der Waals surface area contributed by atoms with Gasteiger partial charge in [0.1, 0.15) is 0 Å². The van der Waals surface area contributed by atoms with Gasteiger partial charge in [-0.15, -0.1) is 11.3 Å². The van der Waals surface area contributed by atoms with Crippen molar-refractivity contribution in [2.24, 2.45) is 11.7 Å². The van der Waals surface area contributed by atoms with Gasteiger partial charge in [0.15, 0.2) is 0 Å². The molecular formula is C13H23N3S. The lowest BCUT2D eigenvalue weighted by Crippen LogP contribution is -2.46. The van der Waals surface area contributed by atoms with E-state index in [1.54, 1.807) is 11.3 Å². The molecule has 0 spiro atoms. The molecule has 4 heteroatoms. The molecule has 2 rings (SSSR count). The molecule has 1 aromatic heterocycles. The van der Waals surface area contributed by atoms with Gasteiger partial charge in [-0.1, -0.05) is 13.3 Å². The zero-order valence-electron chi connectivity index (χ0n) is 10.9. The molecular weight excluding hydrogens is 230 g/mol. The average molecular weight is 253 g/mol. The highest BCUT2D eigenvalue weighted by Gasteiger charge is 2.26. The van der Waals surface area contributed by atoms with Crippen molar-refractivity contribution in [3.05, 3.63) is 16.1 Å². The van der Waals surface area contributed by atoms with Gasteiger partial charge in [-0.25, -0.2) is 4.98 Å². The number of piperidine rings is 1. The summed E-state index contributed by atoms with van der Waals surface area (Å²) in [6.45, 7) is 7.29. The van der Waals surface area contributed by atoms with Crippen LogP contribution in [0.1, 0.15) is 36.9 Å². The predicted molar refractivity (Wildman–Crippen MR) is 73.1 cm³/mol. The van der Waals surface area contributed by atoms with Crippen molar-refractivity contribution in [1.29, 1.82) is 0 Å². The van der Waals surface area contributed by atoms with Crippen molar-refractivity contribution in [2.75, 3.05) is 13.1 Å². The van der Waals surface area contributed by atoms with Crippen molar-refractivity contribution >= 4 is 11.3 Å². The first-order valence-corrected chi connectivity index (χ1v) is 7.46. The third kappa shape index (κ3) is 3.27. The molecule has 2 N–H and O–H groups in total. The summed E-state index contributed by atoms with van der Waals surface area (Å²) < 4.78 is 0. The second-order valence-electron chi connectivity index (χ2n) is 5.02. The van der Waals surface area contributed by atoms with Gasteiger partial charge in [0.2, 0.25) is 0 Å². The zero-order valence-corrected chi connectivity index (χ0v) is 11.7. The Morgan fingerprint density at radius 2 is 2.41 bits per heavy atom. The van der Waals surface area contributed by atoms with E-state index in [1.807, 2.05) is 0 Å². The Bertz CT molecular complexity index is 350. The first kappa shape index (κ1) is 13.0. The molecule has 3 nitrogen and oxygen atoms in total. The van der Waals surface area contributed by atoms with E-state index in [2.05, 4.69) is 29.1 Å². The van der Waals surface area contributed by atoms with E-state index >= 15 is 0 Å². The summed E-state index contributed by atoms with van der Waals surface area (Å²) in [5.74, 6) is 0.872. The van der Waals surface area contributed by atoms with Crippen LogP contribution in [0.5, 0.6) is 0 Å². The molecule has 0 bridgehead atoms. The minimum absolute atomic E-state index is 0.552. The van der Waals surface area contributed by atoms with Crippen LogP contribution in [0.2, 0.25) is 0 Å².